The summed E-state index contributed by atoms with van der Waals surface area (Å²) >= 11 is 0. The molecule has 4 rings (SSSR count). The SMILES string of the molecule is NCCCNc1cc(-c2[nH]c3nccnc3c2-c2ccc(F)cc2)ccn1. The number of aromatic nitrogens is 4. The molecule has 7 heteroatoms. The average Bonchev–Trinajstić information content (AvgIpc) is 3.09. The lowest BCUT2D eigenvalue weighted by molar-refractivity contribution is 0.628. The number of pyridine rings is 1. The normalized spacial score (nSPS) is 11.0. The highest BCUT2D eigenvalue weighted by molar-refractivity contribution is 6.00. The Morgan fingerprint density at radius 2 is 1.78 bits per heavy atom. The molecule has 27 heavy (non-hydrogen) atoms. The summed E-state index contributed by atoms with van der Waals surface area (Å²) in [5.74, 6) is 0.493. The lowest BCUT2D eigenvalue weighted by Crippen LogP contribution is -2.09. The van der Waals surface area contributed by atoms with Crippen LogP contribution >= 0.6 is 0 Å². The van der Waals surface area contributed by atoms with Gasteiger partial charge in [-0.25, -0.2) is 14.4 Å². The Bertz CT molecular complexity index is 1060. The summed E-state index contributed by atoms with van der Waals surface area (Å²) in [4.78, 5) is 16.6. The molecule has 0 bridgehead atoms. The van der Waals surface area contributed by atoms with E-state index in [9.17, 15) is 4.39 Å². The van der Waals surface area contributed by atoms with Crippen LogP contribution in [0.1, 0.15) is 6.42 Å². The highest BCUT2D eigenvalue weighted by atomic mass is 19.1. The van der Waals surface area contributed by atoms with E-state index in [1.807, 2.05) is 12.1 Å². The molecule has 0 aliphatic carbocycles. The molecule has 0 fully saturated rings. The van der Waals surface area contributed by atoms with Crippen molar-refractivity contribution in [3.63, 3.8) is 0 Å². The third-order valence-corrected chi connectivity index (χ3v) is 4.30. The zero-order valence-corrected chi connectivity index (χ0v) is 14.6. The topological polar surface area (TPSA) is 92.5 Å². The van der Waals surface area contributed by atoms with Crippen molar-refractivity contribution in [2.75, 3.05) is 18.4 Å². The number of aromatic amines is 1. The molecular formula is C20H19FN6. The van der Waals surface area contributed by atoms with Gasteiger partial charge in [0.2, 0.25) is 0 Å². The van der Waals surface area contributed by atoms with Gasteiger partial charge < -0.3 is 16.0 Å². The summed E-state index contributed by atoms with van der Waals surface area (Å²) in [6.07, 6.45) is 5.91. The van der Waals surface area contributed by atoms with Crippen molar-refractivity contribution in [2.24, 2.45) is 5.73 Å². The number of hydrogen-bond acceptors (Lipinski definition) is 5. The molecule has 3 aromatic heterocycles. The Morgan fingerprint density at radius 3 is 2.59 bits per heavy atom. The van der Waals surface area contributed by atoms with Crippen LogP contribution in [0.5, 0.6) is 0 Å². The van der Waals surface area contributed by atoms with Crippen LogP contribution < -0.4 is 11.1 Å². The van der Waals surface area contributed by atoms with Crippen LogP contribution in [0.15, 0.2) is 55.0 Å². The zero-order chi connectivity index (χ0) is 18.6. The maximum atomic E-state index is 13.4. The van der Waals surface area contributed by atoms with E-state index in [1.54, 1.807) is 30.7 Å². The molecule has 0 atom stereocenters. The quantitative estimate of drug-likeness (QED) is 0.456. The van der Waals surface area contributed by atoms with E-state index in [0.717, 1.165) is 46.7 Å². The summed E-state index contributed by atoms with van der Waals surface area (Å²) in [5, 5.41) is 3.27. The Kier molecular flexibility index (Phi) is 4.76. The van der Waals surface area contributed by atoms with E-state index in [4.69, 9.17) is 5.73 Å². The van der Waals surface area contributed by atoms with Crippen LogP contribution in [0, 0.1) is 5.82 Å². The van der Waals surface area contributed by atoms with Gasteiger partial charge in [-0.05, 0) is 42.8 Å². The van der Waals surface area contributed by atoms with E-state index >= 15 is 0 Å². The molecule has 0 aliphatic heterocycles. The Morgan fingerprint density at radius 1 is 0.963 bits per heavy atom. The fraction of sp³-hybridized carbons (Fsp3) is 0.150. The number of nitrogens with zero attached hydrogens (tertiary/aromatic N) is 3. The first-order valence-electron chi connectivity index (χ1n) is 8.75. The highest BCUT2D eigenvalue weighted by Crippen LogP contribution is 2.37. The number of hydrogen-bond donors (Lipinski definition) is 3. The van der Waals surface area contributed by atoms with Gasteiger partial charge in [-0.15, -0.1) is 0 Å². The summed E-state index contributed by atoms with van der Waals surface area (Å²) < 4.78 is 13.4. The molecule has 0 saturated heterocycles. The van der Waals surface area contributed by atoms with E-state index in [1.165, 1.54) is 12.1 Å². The average molecular weight is 362 g/mol. The smallest absolute Gasteiger partial charge is 0.157 e. The number of nitrogens with one attached hydrogen (secondary N) is 2. The van der Waals surface area contributed by atoms with E-state index < -0.39 is 0 Å². The first-order valence-corrected chi connectivity index (χ1v) is 8.75. The van der Waals surface area contributed by atoms with Crippen molar-refractivity contribution in [2.45, 2.75) is 6.42 Å². The number of halogens is 1. The lowest BCUT2D eigenvalue weighted by Gasteiger charge is -2.08. The van der Waals surface area contributed by atoms with Gasteiger partial charge >= 0.3 is 0 Å². The second-order valence-corrected chi connectivity index (χ2v) is 6.13. The maximum absolute atomic E-state index is 13.4. The Balaban J connectivity index is 1.83. The monoisotopic (exact) mass is 362 g/mol. The minimum Gasteiger partial charge on any atom is -0.370 e. The Hall–Kier alpha value is -3.32. The van der Waals surface area contributed by atoms with Crippen LogP contribution in [-0.2, 0) is 0 Å². The van der Waals surface area contributed by atoms with E-state index in [2.05, 4.69) is 25.3 Å². The molecule has 0 radical (unpaired) electrons. The van der Waals surface area contributed by atoms with Gasteiger partial charge in [-0.3, -0.25) is 4.98 Å². The van der Waals surface area contributed by atoms with Crippen molar-refractivity contribution < 1.29 is 4.39 Å². The molecule has 0 saturated carbocycles. The van der Waals surface area contributed by atoms with Crippen molar-refractivity contribution in [1.82, 2.24) is 19.9 Å². The van der Waals surface area contributed by atoms with Gasteiger partial charge in [0.1, 0.15) is 17.2 Å². The molecule has 3 heterocycles. The molecular weight excluding hydrogens is 343 g/mol. The molecule has 0 amide bonds. The second kappa shape index (κ2) is 7.51. The summed E-state index contributed by atoms with van der Waals surface area (Å²) in [6, 6.07) is 10.3. The number of rotatable bonds is 6. The summed E-state index contributed by atoms with van der Waals surface area (Å²) in [6.45, 7) is 1.38. The van der Waals surface area contributed by atoms with Crippen LogP contribution in [0.2, 0.25) is 0 Å². The molecule has 0 aliphatic rings. The van der Waals surface area contributed by atoms with Crippen molar-refractivity contribution >= 4 is 17.0 Å². The number of fused-ring (bicyclic) bond motifs is 1. The third-order valence-electron chi connectivity index (χ3n) is 4.30. The molecule has 136 valence electrons. The van der Waals surface area contributed by atoms with Crippen LogP contribution in [0.3, 0.4) is 0 Å². The number of anilines is 1. The molecule has 4 aromatic rings. The van der Waals surface area contributed by atoms with E-state index in [-0.39, 0.29) is 5.82 Å². The van der Waals surface area contributed by atoms with E-state index in [0.29, 0.717) is 12.2 Å². The minimum atomic E-state index is -0.276. The van der Waals surface area contributed by atoms with Crippen LogP contribution in [0.4, 0.5) is 10.2 Å². The minimum absolute atomic E-state index is 0.276. The Labute approximate surface area is 155 Å². The largest absolute Gasteiger partial charge is 0.370 e. The number of H-pyrrole nitrogens is 1. The zero-order valence-electron chi connectivity index (χ0n) is 14.6. The second-order valence-electron chi connectivity index (χ2n) is 6.13. The first kappa shape index (κ1) is 17.1. The molecule has 4 N–H and O–H groups in total. The lowest BCUT2D eigenvalue weighted by atomic mass is 10.0. The van der Waals surface area contributed by atoms with Gasteiger partial charge in [0.15, 0.2) is 5.65 Å². The van der Waals surface area contributed by atoms with Gasteiger partial charge in [-0.2, -0.15) is 0 Å². The standard InChI is InChI=1S/C20H19FN6/c21-15-4-2-13(3-5-15)17-18(27-20-19(17)25-10-11-26-20)14-6-9-24-16(12-14)23-8-1-7-22/h2-6,9-12H,1,7-8,22H2,(H,23,24)(H,26,27). The molecule has 0 spiro atoms. The van der Waals surface area contributed by atoms with Crippen LogP contribution in [-0.4, -0.2) is 33.0 Å². The fourth-order valence-corrected chi connectivity index (χ4v) is 3.03. The highest BCUT2D eigenvalue weighted by Gasteiger charge is 2.17. The predicted molar refractivity (Wildman–Crippen MR) is 105 cm³/mol. The molecule has 6 nitrogen and oxygen atoms in total. The first-order chi connectivity index (χ1) is 13.3. The predicted octanol–water partition coefficient (Wildman–Crippen LogP) is 3.59. The van der Waals surface area contributed by atoms with Crippen molar-refractivity contribution in [1.29, 1.82) is 0 Å². The third kappa shape index (κ3) is 3.50. The summed E-state index contributed by atoms with van der Waals surface area (Å²) in [5.41, 5.74) is 10.5. The molecule has 0 unspecified atom stereocenters. The number of nitrogens with two attached hydrogens (primary N) is 1. The van der Waals surface area contributed by atoms with Crippen LogP contribution in [0.25, 0.3) is 33.5 Å². The molecule has 1 aromatic carbocycles. The van der Waals surface area contributed by atoms with Crippen molar-refractivity contribution in [3.8, 4) is 22.4 Å². The van der Waals surface area contributed by atoms with Gasteiger partial charge in [0, 0.05) is 36.3 Å². The number of benzene rings is 1. The van der Waals surface area contributed by atoms with Gasteiger partial charge in [0.25, 0.3) is 0 Å². The van der Waals surface area contributed by atoms with Crippen molar-refractivity contribution in [3.05, 3.63) is 60.8 Å². The van der Waals surface area contributed by atoms with Gasteiger partial charge in [0.05, 0.1) is 5.69 Å². The fourth-order valence-electron chi connectivity index (χ4n) is 3.03. The maximum Gasteiger partial charge on any atom is 0.157 e. The van der Waals surface area contributed by atoms with Gasteiger partial charge in [-0.1, -0.05) is 12.1 Å². The summed E-state index contributed by atoms with van der Waals surface area (Å²) in [7, 11) is 0.